The van der Waals surface area contributed by atoms with Crippen LogP contribution in [0.25, 0.3) is 0 Å². The molecule has 0 heterocycles. The van der Waals surface area contributed by atoms with Gasteiger partial charge in [0.25, 0.3) is 0 Å². The highest BCUT2D eigenvalue weighted by atomic mass is 16.6. The Kier molecular flexibility index (Phi) is 8.21. The van der Waals surface area contributed by atoms with Crippen molar-refractivity contribution in [2.45, 2.75) is 90.4 Å². The Balaban J connectivity index is 5.03. The number of hydrogen-bond acceptors (Lipinski definition) is 6. The number of nitrogens with two attached hydrogens (primary N) is 2. The van der Waals surface area contributed by atoms with E-state index in [2.05, 4.69) is 0 Å². The van der Waals surface area contributed by atoms with E-state index in [0.29, 0.717) is 13.0 Å². The predicted molar refractivity (Wildman–Crippen MR) is 90.7 cm³/mol. The van der Waals surface area contributed by atoms with Crippen LogP contribution < -0.4 is 11.5 Å². The molecule has 0 aliphatic heterocycles. The Morgan fingerprint density at radius 3 is 1.52 bits per heavy atom. The third-order valence-electron chi connectivity index (χ3n) is 3.05. The monoisotopic (exact) mass is 330 g/mol. The van der Waals surface area contributed by atoms with Crippen molar-refractivity contribution < 1.29 is 19.1 Å². The molecule has 0 fully saturated rings. The van der Waals surface area contributed by atoms with Gasteiger partial charge in [0.2, 0.25) is 5.54 Å². The highest BCUT2D eigenvalue weighted by Crippen LogP contribution is 2.23. The van der Waals surface area contributed by atoms with E-state index in [1.807, 2.05) is 0 Å². The van der Waals surface area contributed by atoms with Gasteiger partial charge in [-0.25, -0.2) is 9.59 Å². The van der Waals surface area contributed by atoms with Crippen LogP contribution in [0.3, 0.4) is 0 Å². The van der Waals surface area contributed by atoms with Crippen LogP contribution in [-0.4, -0.2) is 35.2 Å². The minimum Gasteiger partial charge on any atom is -0.458 e. The Labute approximate surface area is 140 Å². The number of ether oxygens (including phenoxy) is 2. The summed E-state index contributed by atoms with van der Waals surface area (Å²) in [7, 11) is 0. The average Bonchev–Trinajstić information content (AvgIpc) is 2.33. The Morgan fingerprint density at radius 2 is 1.17 bits per heavy atom. The maximum Gasteiger partial charge on any atom is 0.338 e. The third kappa shape index (κ3) is 8.91. The van der Waals surface area contributed by atoms with Gasteiger partial charge in [-0.15, -0.1) is 0 Å². The summed E-state index contributed by atoms with van der Waals surface area (Å²) in [5.74, 6) is -1.48. The molecular weight excluding hydrogens is 296 g/mol. The number of rotatable bonds is 8. The van der Waals surface area contributed by atoms with E-state index in [4.69, 9.17) is 20.9 Å². The van der Waals surface area contributed by atoms with E-state index >= 15 is 0 Å². The molecule has 0 bridgehead atoms. The van der Waals surface area contributed by atoms with Gasteiger partial charge in [-0.05, 0) is 60.9 Å². The first kappa shape index (κ1) is 21.9. The molecule has 0 unspecified atom stereocenters. The average molecular weight is 330 g/mol. The molecule has 0 radical (unpaired) electrons. The van der Waals surface area contributed by atoms with Crippen molar-refractivity contribution in [2.75, 3.05) is 6.54 Å². The molecule has 0 aromatic rings. The maximum atomic E-state index is 12.5. The van der Waals surface area contributed by atoms with E-state index in [0.717, 1.165) is 19.3 Å². The molecule has 0 atom stereocenters. The minimum absolute atomic E-state index is 0.196. The van der Waals surface area contributed by atoms with Gasteiger partial charge >= 0.3 is 11.9 Å². The minimum atomic E-state index is -1.77. The van der Waals surface area contributed by atoms with Gasteiger partial charge in [0.1, 0.15) is 11.2 Å². The van der Waals surface area contributed by atoms with Crippen molar-refractivity contribution in [1.29, 1.82) is 0 Å². The quantitative estimate of drug-likeness (QED) is 0.402. The zero-order chi connectivity index (χ0) is 18.3. The van der Waals surface area contributed by atoms with Gasteiger partial charge < -0.3 is 20.9 Å². The fourth-order valence-corrected chi connectivity index (χ4v) is 1.93. The number of esters is 2. The molecule has 136 valence electrons. The first-order chi connectivity index (χ1) is 10.3. The van der Waals surface area contributed by atoms with Crippen molar-refractivity contribution in [1.82, 2.24) is 0 Å². The zero-order valence-electron chi connectivity index (χ0n) is 15.5. The molecule has 0 saturated carbocycles. The van der Waals surface area contributed by atoms with Crippen LogP contribution in [0.4, 0.5) is 0 Å². The van der Waals surface area contributed by atoms with Crippen LogP contribution in [0.5, 0.6) is 0 Å². The number of unbranched alkanes of at least 4 members (excludes halogenated alkanes) is 3. The van der Waals surface area contributed by atoms with E-state index in [9.17, 15) is 9.59 Å². The molecule has 0 aliphatic rings. The van der Waals surface area contributed by atoms with Crippen LogP contribution >= 0.6 is 0 Å². The Morgan fingerprint density at radius 1 is 0.783 bits per heavy atom. The first-order valence-electron chi connectivity index (χ1n) is 8.28. The van der Waals surface area contributed by atoms with Crippen molar-refractivity contribution in [3.05, 3.63) is 0 Å². The van der Waals surface area contributed by atoms with Crippen LogP contribution in [0, 0.1) is 0 Å². The van der Waals surface area contributed by atoms with Gasteiger partial charge in [0.05, 0.1) is 0 Å². The number of carbonyl (C=O) groups excluding carboxylic acids is 2. The van der Waals surface area contributed by atoms with Crippen molar-refractivity contribution in [2.24, 2.45) is 11.5 Å². The van der Waals surface area contributed by atoms with Crippen LogP contribution in [-0.2, 0) is 19.1 Å². The number of carbonyl (C=O) groups is 2. The van der Waals surface area contributed by atoms with E-state index in [1.54, 1.807) is 41.5 Å². The number of hydrogen-bond donors (Lipinski definition) is 2. The largest absolute Gasteiger partial charge is 0.458 e. The van der Waals surface area contributed by atoms with Gasteiger partial charge in [-0.3, -0.25) is 0 Å². The van der Waals surface area contributed by atoms with Crippen molar-refractivity contribution in [3.8, 4) is 0 Å². The molecule has 0 amide bonds. The molecule has 0 rings (SSSR count). The SMILES string of the molecule is CC(C)(C)OC(=O)C(N)(CCCCCCN)C(=O)OC(C)(C)C. The fraction of sp³-hybridized carbons (Fsp3) is 0.882. The van der Waals surface area contributed by atoms with Gasteiger partial charge in [-0.2, -0.15) is 0 Å². The van der Waals surface area contributed by atoms with Crippen molar-refractivity contribution >= 4 is 11.9 Å². The Hall–Kier alpha value is -1.14. The summed E-state index contributed by atoms with van der Waals surface area (Å²) in [5.41, 5.74) is 8.39. The van der Waals surface area contributed by atoms with Gasteiger partial charge in [0.15, 0.2) is 0 Å². The molecule has 0 saturated heterocycles. The first-order valence-corrected chi connectivity index (χ1v) is 8.28. The highest BCUT2D eigenvalue weighted by Gasteiger charge is 2.47. The summed E-state index contributed by atoms with van der Waals surface area (Å²) in [6.07, 6.45) is 3.53. The maximum absolute atomic E-state index is 12.5. The standard InChI is InChI=1S/C17H34N2O4/c1-15(2,3)22-13(20)17(19,11-9-7-8-10-12-18)14(21)23-16(4,5)6/h7-12,18-19H2,1-6H3. The third-order valence-corrected chi connectivity index (χ3v) is 3.05. The summed E-state index contributed by atoms with van der Waals surface area (Å²) in [6.45, 7) is 11.1. The summed E-state index contributed by atoms with van der Waals surface area (Å²) < 4.78 is 10.7. The van der Waals surface area contributed by atoms with E-state index < -0.39 is 28.7 Å². The molecule has 0 aliphatic carbocycles. The molecule has 6 nitrogen and oxygen atoms in total. The predicted octanol–water partition coefficient (Wildman–Crippen LogP) is 2.28. The lowest BCUT2D eigenvalue weighted by Crippen LogP contribution is -2.59. The molecule has 0 aromatic heterocycles. The Bertz CT molecular complexity index is 366. The molecule has 0 aromatic carbocycles. The lowest BCUT2D eigenvalue weighted by Gasteiger charge is -2.32. The zero-order valence-corrected chi connectivity index (χ0v) is 15.5. The molecular formula is C17H34N2O4. The lowest BCUT2D eigenvalue weighted by molar-refractivity contribution is -0.177. The fourth-order valence-electron chi connectivity index (χ4n) is 1.93. The summed E-state index contributed by atoms with van der Waals surface area (Å²) in [6, 6.07) is 0. The summed E-state index contributed by atoms with van der Waals surface area (Å²) in [5, 5.41) is 0. The van der Waals surface area contributed by atoms with Gasteiger partial charge in [-0.1, -0.05) is 19.3 Å². The van der Waals surface area contributed by atoms with Crippen LogP contribution in [0.2, 0.25) is 0 Å². The molecule has 0 spiro atoms. The summed E-state index contributed by atoms with van der Waals surface area (Å²) >= 11 is 0. The molecule has 23 heavy (non-hydrogen) atoms. The smallest absolute Gasteiger partial charge is 0.338 e. The second kappa shape index (κ2) is 8.64. The van der Waals surface area contributed by atoms with Crippen LogP contribution in [0.1, 0.15) is 73.6 Å². The lowest BCUT2D eigenvalue weighted by atomic mass is 9.92. The normalized spacial score (nSPS) is 12.9. The van der Waals surface area contributed by atoms with E-state index in [1.165, 1.54) is 0 Å². The van der Waals surface area contributed by atoms with Crippen molar-refractivity contribution in [3.63, 3.8) is 0 Å². The molecule has 4 N–H and O–H groups in total. The highest BCUT2D eigenvalue weighted by molar-refractivity contribution is 6.04. The van der Waals surface area contributed by atoms with Gasteiger partial charge in [0, 0.05) is 0 Å². The van der Waals surface area contributed by atoms with Crippen LogP contribution in [0.15, 0.2) is 0 Å². The second-order valence-electron chi connectivity index (χ2n) is 7.93. The molecule has 6 heteroatoms. The topological polar surface area (TPSA) is 105 Å². The summed E-state index contributed by atoms with van der Waals surface area (Å²) in [4.78, 5) is 24.9. The van der Waals surface area contributed by atoms with E-state index in [-0.39, 0.29) is 6.42 Å². The second-order valence-corrected chi connectivity index (χ2v) is 7.93.